The molecule has 0 amide bonds. The normalized spacial score (nSPS) is 9.27. The van der Waals surface area contributed by atoms with E-state index in [1.54, 1.807) is 26.2 Å². The van der Waals surface area contributed by atoms with E-state index in [1.807, 2.05) is 29.5 Å². The largest absolute Gasteiger partial charge is 0.382 e. The van der Waals surface area contributed by atoms with Gasteiger partial charge in [0.05, 0.1) is 41.9 Å². The maximum absolute atomic E-state index is 12.1. The Kier molecular flexibility index (Phi) is 15.0. The number of nitrogens with two attached hydrogens (primary N) is 5. The molecule has 200 valence electrons. The highest BCUT2D eigenvalue weighted by molar-refractivity contribution is 14.1. The summed E-state index contributed by atoms with van der Waals surface area (Å²) in [6, 6.07) is 0. The van der Waals surface area contributed by atoms with Gasteiger partial charge in [0.25, 0.3) is 0 Å². The summed E-state index contributed by atoms with van der Waals surface area (Å²) < 4.78 is 13.5. The first kappa shape index (κ1) is 33.8. The summed E-state index contributed by atoms with van der Waals surface area (Å²) in [5, 5.41) is 0.332. The van der Waals surface area contributed by atoms with Crippen molar-refractivity contribution in [1.29, 1.82) is 0 Å². The molecule has 13 nitrogen and oxygen atoms in total. The number of nitrogens with zero attached hydrogens (tertiary/aromatic N) is 8. The lowest BCUT2D eigenvalue weighted by molar-refractivity contribution is 0.577. The van der Waals surface area contributed by atoms with Crippen molar-refractivity contribution in [3.05, 3.63) is 61.3 Å². The van der Waals surface area contributed by atoms with Gasteiger partial charge >= 0.3 is 0 Å². The van der Waals surface area contributed by atoms with Crippen molar-refractivity contribution in [1.82, 2.24) is 39.9 Å². The van der Waals surface area contributed by atoms with E-state index in [-0.39, 0.29) is 19.1 Å². The van der Waals surface area contributed by atoms with Gasteiger partial charge in [0.1, 0.15) is 30.9 Å². The molecule has 17 heteroatoms. The summed E-state index contributed by atoms with van der Waals surface area (Å²) in [5.41, 5.74) is 28.6. The summed E-state index contributed by atoms with van der Waals surface area (Å²) in [6.07, 6.45) is 5.68. The molecule has 0 fully saturated rings. The number of rotatable bonds is 0. The van der Waals surface area contributed by atoms with Crippen LogP contribution in [0.4, 0.5) is 33.5 Å². The zero-order valence-corrected chi connectivity index (χ0v) is 23.8. The monoisotopic (exact) mass is 709 g/mol. The van der Waals surface area contributed by atoms with Crippen LogP contribution in [0.3, 0.4) is 0 Å². The summed E-state index contributed by atoms with van der Waals surface area (Å²) >= 11 is 10.6. The molecule has 0 spiro atoms. The van der Waals surface area contributed by atoms with Crippen molar-refractivity contribution < 1.29 is 4.39 Å². The molecule has 0 bridgehead atoms. The van der Waals surface area contributed by atoms with Gasteiger partial charge in [0, 0.05) is 0 Å². The lowest BCUT2D eigenvalue weighted by atomic mass is 10.5. The van der Waals surface area contributed by atoms with Gasteiger partial charge in [-0.15, -0.1) is 0 Å². The third-order valence-corrected chi connectivity index (χ3v) is 4.77. The molecule has 0 radical (unpaired) electrons. The highest BCUT2D eigenvalue weighted by Gasteiger charge is 1.97. The molecule has 0 atom stereocenters. The van der Waals surface area contributed by atoms with Crippen LogP contribution in [0.25, 0.3) is 0 Å². The van der Waals surface area contributed by atoms with Gasteiger partial charge < -0.3 is 28.7 Å². The van der Waals surface area contributed by atoms with Crippen molar-refractivity contribution in [2.45, 2.75) is 28.2 Å². The van der Waals surface area contributed by atoms with Gasteiger partial charge in [-0.2, -0.15) is 9.37 Å². The van der Waals surface area contributed by atoms with Crippen LogP contribution < -0.4 is 28.7 Å². The third-order valence-electron chi connectivity index (χ3n) is 3.69. The van der Waals surface area contributed by atoms with E-state index in [9.17, 15) is 4.39 Å². The second-order valence-electron chi connectivity index (χ2n) is 6.45. The van der Waals surface area contributed by atoms with Crippen LogP contribution in [0.15, 0.2) is 29.4 Å². The van der Waals surface area contributed by atoms with E-state index >= 15 is 0 Å². The second kappa shape index (κ2) is 16.5. The highest BCUT2D eigenvalue weighted by Crippen LogP contribution is 2.09. The number of nitrogen functional groups attached to an aromatic ring is 5. The zero-order chi connectivity index (χ0) is 27.4. The first-order valence-electron chi connectivity index (χ1n) is 9.57. The molecule has 0 aromatic carbocycles. The molecule has 10 N–H and O–H groups in total. The van der Waals surface area contributed by atoms with Gasteiger partial charge in [-0.25, -0.2) is 19.9 Å². The van der Waals surface area contributed by atoms with E-state index in [1.165, 1.54) is 6.20 Å². The molecule has 4 rings (SSSR count). The van der Waals surface area contributed by atoms with Crippen LogP contribution in [0.1, 0.15) is 24.5 Å². The second-order valence-corrected chi connectivity index (χ2v) is 8.76. The Hall–Kier alpha value is -3.25. The van der Waals surface area contributed by atoms with Crippen molar-refractivity contribution >= 4 is 79.2 Å². The Bertz CT molecular complexity index is 1100. The topological polar surface area (TPSA) is 233 Å². The average molecular weight is 711 g/mol. The molecule has 4 aromatic heterocycles. The highest BCUT2D eigenvalue weighted by atomic mass is 127. The zero-order valence-electron chi connectivity index (χ0n) is 19.3. The predicted octanol–water partition coefficient (Wildman–Crippen LogP) is 3.54. The Labute approximate surface area is 240 Å². The maximum Gasteiger partial charge on any atom is 0.233 e. The van der Waals surface area contributed by atoms with Gasteiger partial charge in [-0.3, -0.25) is 15.0 Å². The molecule has 0 aliphatic heterocycles. The van der Waals surface area contributed by atoms with Crippen LogP contribution in [-0.4, -0.2) is 39.9 Å². The van der Waals surface area contributed by atoms with Gasteiger partial charge in [0.2, 0.25) is 5.95 Å². The van der Waals surface area contributed by atoms with E-state index in [2.05, 4.69) is 55.8 Å². The van der Waals surface area contributed by atoms with E-state index in [0.29, 0.717) is 38.6 Å². The van der Waals surface area contributed by atoms with Gasteiger partial charge in [0.15, 0.2) is 11.6 Å². The Morgan fingerprint density at radius 1 is 0.676 bits per heavy atom. The first-order chi connectivity index (χ1) is 16.8. The Balaban J connectivity index is 0.000000463. The lowest BCUT2D eigenvalue weighted by Gasteiger charge is -1.95. The molecule has 0 unspecified atom stereocenters. The Morgan fingerprint density at radius 2 is 1.16 bits per heavy atom. The summed E-state index contributed by atoms with van der Waals surface area (Å²) in [4.78, 5) is 30.0. The van der Waals surface area contributed by atoms with Gasteiger partial charge in [-0.1, -0.05) is 19.0 Å². The van der Waals surface area contributed by atoms with E-state index < -0.39 is 5.95 Å². The quantitative estimate of drug-likeness (QED) is 0.165. The van der Waals surface area contributed by atoms with Gasteiger partial charge in [-0.05, 0) is 59.3 Å². The van der Waals surface area contributed by atoms with Crippen LogP contribution in [0.5, 0.6) is 0 Å². The smallest absolute Gasteiger partial charge is 0.233 e. The minimum atomic E-state index is -0.641. The number of aromatic nitrogens is 8. The summed E-state index contributed by atoms with van der Waals surface area (Å²) in [6.45, 7) is 5.26. The predicted molar refractivity (Wildman–Crippen MR) is 157 cm³/mol. The number of anilines is 5. The van der Waals surface area contributed by atoms with Crippen LogP contribution in [0.2, 0.25) is 5.15 Å². The molecule has 4 aromatic rings. The number of aryl methyl sites for hydroxylation is 3. The number of hydrogen-bond acceptors (Lipinski definition) is 13. The Morgan fingerprint density at radius 3 is 1.54 bits per heavy atom. The summed E-state index contributed by atoms with van der Waals surface area (Å²) in [5.74, 6) is 0.956. The fourth-order valence-electron chi connectivity index (χ4n) is 1.71. The molecule has 4 heterocycles. The van der Waals surface area contributed by atoms with E-state index in [4.69, 9.17) is 40.3 Å². The summed E-state index contributed by atoms with van der Waals surface area (Å²) in [7, 11) is 0. The maximum atomic E-state index is 12.1. The average Bonchev–Trinajstić information content (AvgIpc) is 2.81. The number of halogens is 4. The molecule has 0 aliphatic rings. The molecular weight excluding hydrogens is 684 g/mol. The number of hydrogen-bond donors (Lipinski definition) is 5. The fraction of sp³-hybridized carbons (Fsp3) is 0.200. The molecule has 0 saturated heterocycles. The molecule has 37 heavy (non-hydrogen) atoms. The SMILES string of the molecule is C.Cc1ncc(Br)nc1N.Cc1ncc(Cl)nc1N.Cc1ncc(F)nc1N.Nc1ncc(I)nc1N. The lowest BCUT2D eigenvalue weighted by Crippen LogP contribution is -2.01. The standard InChI is InChI=1S/C5H6BrN3.C5H6ClN3.C5H6FN3.C4H5IN4.CH4/c3*1-3-5(7)9-4(6)2-8-3;5-2-1-8-3(6)4(7)9-2;/h3*2H,1H3,(H2,7,9);1H,(H2,6,8)(H2,7,9);1H4. The van der Waals surface area contributed by atoms with Crippen LogP contribution >= 0.6 is 50.1 Å². The van der Waals surface area contributed by atoms with Crippen molar-refractivity contribution in [3.63, 3.8) is 0 Å². The molecule has 0 aliphatic carbocycles. The molecular formula is C20H27BrClFIN13. The van der Waals surface area contributed by atoms with Crippen LogP contribution in [-0.2, 0) is 0 Å². The molecule has 0 saturated carbocycles. The van der Waals surface area contributed by atoms with E-state index in [0.717, 1.165) is 15.6 Å². The van der Waals surface area contributed by atoms with Crippen LogP contribution in [0, 0.1) is 30.4 Å². The third kappa shape index (κ3) is 13.0. The fourth-order valence-corrected chi connectivity index (χ4v) is 2.55. The van der Waals surface area contributed by atoms with Crippen molar-refractivity contribution in [2.24, 2.45) is 0 Å². The van der Waals surface area contributed by atoms with Crippen molar-refractivity contribution in [3.8, 4) is 0 Å². The first-order valence-corrected chi connectivity index (χ1v) is 11.8. The van der Waals surface area contributed by atoms with Crippen molar-refractivity contribution in [2.75, 3.05) is 28.7 Å². The minimum Gasteiger partial charge on any atom is -0.382 e. The minimum absolute atomic E-state index is 0.